The minimum absolute atomic E-state index is 0.683. The van der Waals surface area contributed by atoms with E-state index in [-0.39, 0.29) is 0 Å². The Morgan fingerprint density at radius 3 is 2.57 bits per heavy atom. The van der Waals surface area contributed by atoms with E-state index in [1.807, 2.05) is 27.7 Å². The summed E-state index contributed by atoms with van der Waals surface area (Å²) in [4.78, 5) is 11.2. The average Bonchev–Trinajstić information content (AvgIpc) is 2.65. The van der Waals surface area contributed by atoms with Gasteiger partial charge in [0.1, 0.15) is 5.52 Å². The Kier molecular flexibility index (Phi) is 3.47. The molecule has 0 radical (unpaired) electrons. The number of halogens is 1. The van der Waals surface area contributed by atoms with E-state index in [9.17, 15) is 0 Å². The predicted molar refractivity (Wildman–Crippen MR) is 59.7 cm³/mol. The molecule has 14 heavy (non-hydrogen) atoms. The molecule has 0 atom stereocenters. The minimum atomic E-state index is 0.683. The molecule has 1 N–H and O–H groups in total. The molecule has 2 aromatic rings. The van der Waals surface area contributed by atoms with Crippen molar-refractivity contribution in [1.29, 1.82) is 0 Å². The number of rotatable bonds is 0. The highest BCUT2D eigenvalue weighted by atomic mass is 35.5. The molecule has 2 aromatic heterocycles. The standard InChI is InChI=1S/C8H8ClN3.C2H6/c1-4-5(2)12-8-7(6(4)9)10-3-11-8;1-2/h3H,1-2H3,(H,10,11,12);1-2H3. The van der Waals surface area contributed by atoms with E-state index in [0.29, 0.717) is 5.65 Å². The number of imidazole rings is 1. The highest BCUT2D eigenvalue weighted by molar-refractivity contribution is 6.35. The molecule has 0 saturated heterocycles. The van der Waals surface area contributed by atoms with Crippen molar-refractivity contribution in [1.82, 2.24) is 15.0 Å². The van der Waals surface area contributed by atoms with Gasteiger partial charge in [0.2, 0.25) is 0 Å². The quantitative estimate of drug-likeness (QED) is 0.727. The Morgan fingerprint density at radius 1 is 1.29 bits per heavy atom. The minimum Gasteiger partial charge on any atom is -0.342 e. The Balaban J connectivity index is 0.000000461. The van der Waals surface area contributed by atoms with E-state index in [4.69, 9.17) is 11.6 Å². The fourth-order valence-electron chi connectivity index (χ4n) is 1.12. The topological polar surface area (TPSA) is 41.6 Å². The number of nitrogens with zero attached hydrogens (tertiary/aromatic N) is 2. The Bertz CT molecular complexity index is 434. The van der Waals surface area contributed by atoms with Crippen molar-refractivity contribution in [3.63, 3.8) is 0 Å². The first-order chi connectivity index (χ1) is 6.70. The van der Waals surface area contributed by atoms with Crippen LogP contribution in [0, 0.1) is 13.8 Å². The number of hydrogen-bond donors (Lipinski definition) is 1. The molecule has 76 valence electrons. The molecule has 0 aliphatic heterocycles. The van der Waals surface area contributed by atoms with Crippen LogP contribution in [0.4, 0.5) is 0 Å². The molecule has 0 unspecified atom stereocenters. The van der Waals surface area contributed by atoms with Gasteiger partial charge in [0.05, 0.1) is 11.3 Å². The number of aromatic amines is 1. The van der Waals surface area contributed by atoms with Gasteiger partial charge in [-0.1, -0.05) is 25.4 Å². The molecule has 0 aliphatic carbocycles. The van der Waals surface area contributed by atoms with Crippen molar-refractivity contribution >= 4 is 22.8 Å². The van der Waals surface area contributed by atoms with Crippen molar-refractivity contribution in [2.45, 2.75) is 27.7 Å². The lowest BCUT2D eigenvalue weighted by atomic mass is 10.2. The molecule has 0 bridgehead atoms. The molecule has 2 rings (SSSR count). The molecule has 0 amide bonds. The number of H-pyrrole nitrogens is 1. The molecule has 0 fully saturated rings. The SMILES string of the molecule is CC.Cc1nc2nc[nH]c2c(Cl)c1C. The van der Waals surface area contributed by atoms with Crippen molar-refractivity contribution in [2.24, 2.45) is 0 Å². The van der Waals surface area contributed by atoms with Gasteiger partial charge in [0, 0.05) is 5.69 Å². The van der Waals surface area contributed by atoms with E-state index in [1.54, 1.807) is 6.33 Å². The second-order valence-corrected chi connectivity index (χ2v) is 3.12. The van der Waals surface area contributed by atoms with Crippen LogP contribution >= 0.6 is 11.6 Å². The van der Waals surface area contributed by atoms with Gasteiger partial charge in [-0.2, -0.15) is 0 Å². The van der Waals surface area contributed by atoms with Crippen LogP contribution in [-0.2, 0) is 0 Å². The molecule has 0 aromatic carbocycles. The molecular formula is C10H14ClN3. The molecule has 3 nitrogen and oxygen atoms in total. The summed E-state index contributed by atoms with van der Waals surface area (Å²) >= 11 is 6.06. The number of fused-ring (bicyclic) bond motifs is 1. The summed E-state index contributed by atoms with van der Waals surface area (Å²) in [6, 6.07) is 0. The zero-order valence-electron chi connectivity index (χ0n) is 8.85. The van der Waals surface area contributed by atoms with Gasteiger partial charge in [-0.15, -0.1) is 0 Å². The van der Waals surface area contributed by atoms with Gasteiger partial charge in [-0.25, -0.2) is 9.97 Å². The Labute approximate surface area is 88.5 Å². The van der Waals surface area contributed by atoms with Crippen molar-refractivity contribution < 1.29 is 0 Å². The second-order valence-electron chi connectivity index (χ2n) is 2.74. The van der Waals surface area contributed by atoms with Gasteiger partial charge >= 0.3 is 0 Å². The third kappa shape index (κ3) is 1.73. The highest BCUT2D eigenvalue weighted by Gasteiger charge is 2.07. The number of pyridine rings is 1. The molecule has 0 saturated carbocycles. The zero-order chi connectivity index (χ0) is 10.7. The third-order valence-corrected chi connectivity index (χ3v) is 2.46. The fourth-order valence-corrected chi connectivity index (χ4v) is 1.40. The van der Waals surface area contributed by atoms with Crippen LogP contribution < -0.4 is 0 Å². The molecule has 0 spiro atoms. The lowest BCUT2D eigenvalue weighted by Gasteiger charge is -2.01. The molecular weight excluding hydrogens is 198 g/mol. The zero-order valence-corrected chi connectivity index (χ0v) is 9.61. The maximum atomic E-state index is 6.06. The molecule has 4 heteroatoms. The maximum Gasteiger partial charge on any atom is 0.179 e. The summed E-state index contributed by atoms with van der Waals surface area (Å²) in [7, 11) is 0. The van der Waals surface area contributed by atoms with E-state index < -0.39 is 0 Å². The van der Waals surface area contributed by atoms with Gasteiger partial charge in [-0.05, 0) is 19.4 Å². The Morgan fingerprint density at radius 2 is 1.93 bits per heavy atom. The summed E-state index contributed by atoms with van der Waals surface area (Å²) < 4.78 is 0. The van der Waals surface area contributed by atoms with Crippen LogP contribution in [0.1, 0.15) is 25.1 Å². The third-order valence-electron chi connectivity index (χ3n) is 1.98. The lowest BCUT2D eigenvalue weighted by Crippen LogP contribution is -1.89. The second kappa shape index (κ2) is 4.42. The van der Waals surface area contributed by atoms with Crippen molar-refractivity contribution in [3.05, 3.63) is 22.6 Å². The van der Waals surface area contributed by atoms with Crippen LogP contribution in [0.25, 0.3) is 11.2 Å². The largest absolute Gasteiger partial charge is 0.342 e. The van der Waals surface area contributed by atoms with Crippen molar-refractivity contribution in [3.8, 4) is 0 Å². The number of nitrogens with one attached hydrogen (secondary N) is 1. The summed E-state index contributed by atoms with van der Waals surface area (Å²) in [6.07, 6.45) is 1.60. The normalized spacial score (nSPS) is 9.79. The highest BCUT2D eigenvalue weighted by Crippen LogP contribution is 2.24. The van der Waals surface area contributed by atoms with Crippen LogP contribution in [0.15, 0.2) is 6.33 Å². The van der Waals surface area contributed by atoms with Gasteiger partial charge in [-0.3, -0.25) is 0 Å². The van der Waals surface area contributed by atoms with Gasteiger partial charge in [0.15, 0.2) is 5.65 Å². The van der Waals surface area contributed by atoms with Gasteiger partial charge in [0.25, 0.3) is 0 Å². The van der Waals surface area contributed by atoms with Crippen LogP contribution in [0.2, 0.25) is 5.02 Å². The van der Waals surface area contributed by atoms with Crippen LogP contribution in [0.5, 0.6) is 0 Å². The smallest absolute Gasteiger partial charge is 0.179 e. The first kappa shape index (κ1) is 11.0. The average molecular weight is 212 g/mol. The number of hydrogen-bond acceptors (Lipinski definition) is 2. The fraction of sp³-hybridized carbons (Fsp3) is 0.400. The summed E-state index contributed by atoms with van der Waals surface area (Å²) in [5, 5.41) is 0.718. The van der Waals surface area contributed by atoms with Gasteiger partial charge < -0.3 is 4.98 Å². The maximum absolute atomic E-state index is 6.06. The summed E-state index contributed by atoms with van der Waals surface area (Å²) in [5.74, 6) is 0. The Hall–Kier alpha value is -1.09. The lowest BCUT2D eigenvalue weighted by molar-refractivity contribution is 1.17. The number of aromatic nitrogens is 3. The molecule has 0 aliphatic rings. The first-order valence-corrected chi connectivity index (χ1v) is 5.03. The van der Waals surface area contributed by atoms with Crippen LogP contribution in [-0.4, -0.2) is 15.0 Å². The number of aryl methyl sites for hydroxylation is 1. The van der Waals surface area contributed by atoms with Crippen LogP contribution in [0.3, 0.4) is 0 Å². The van der Waals surface area contributed by atoms with Crippen molar-refractivity contribution in [2.75, 3.05) is 0 Å². The van der Waals surface area contributed by atoms with E-state index in [0.717, 1.165) is 21.8 Å². The monoisotopic (exact) mass is 211 g/mol. The van der Waals surface area contributed by atoms with E-state index in [2.05, 4.69) is 15.0 Å². The van der Waals surface area contributed by atoms with E-state index >= 15 is 0 Å². The van der Waals surface area contributed by atoms with E-state index in [1.165, 1.54) is 0 Å². The molecule has 2 heterocycles. The summed E-state index contributed by atoms with van der Waals surface area (Å²) in [5.41, 5.74) is 3.44. The predicted octanol–water partition coefficient (Wildman–Crippen LogP) is 3.25. The summed E-state index contributed by atoms with van der Waals surface area (Å²) in [6.45, 7) is 7.88. The first-order valence-electron chi connectivity index (χ1n) is 4.66.